The van der Waals surface area contributed by atoms with E-state index >= 15 is 0 Å². The predicted octanol–water partition coefficient (Wildman–Crippen LogP) is 2.64. The summed E-state index contributed by atoms with van der Waals surface area (Å²) in [4.78, 5) is 12.1. The molecule has 1 rings (SSSR count). The lowest BCUT2D eigenvalue weighted by Crippen LogP contribution is -2.25. The van der Waals surface area contributed by atoms with E-state index in [1.54, 1.807) is 12.1 Å². The van der Waals surface area contributed by atoms with Crippen LogP contribution in [0.2, 0.25) is 0 Å². The minimum atomic E-state index is -0.0925. The molecule has 21 heavy (non-hydrogen) atoms. The van der Waals surface area contributed by atoms with E-state index in [2.05, 4.69) is 10.6 Å². The normalized spacial score (nSPS) is 10.7. The Bertz CT molecular complexity index is 447. The van der Waals surface area contributed by atoms with Crippen LogP contribution in [0.1, 0.15) is 44.0 Å². The molecule has 1 aromatic rings. The number of rotatable bonds is 9. The number of benzene rings is 1. The first-order valence-electron chi connectivity index (χ1n) is 7.57. The number of nitrogens with one attached hydrogen (secondary N) is 2. The lowest BCUT2D eigenvalue weighted by Gasteiger charge is -2.13. The lowest BCUT2D eigenvalue weighted by atomic mass is 10.1. The summed E-state index contributed by atoms with van der Waals surface area (Å²) in [6, 6.07) is 5.35. The lowest BCUT2D eigenvalue weighted by molar-refractivity contribution is 0.0787. The van der Waals surface area contributed by atoms with Gasteiger partial charge in [0.15, 0.2) is 0 Å². The molecule has 5 nitrogen and oxygen atoms in total. The standard InChI is InChI=1S/C16H27N3O2/c1-4-8-19-16(20)14-11-13(17)6-7-15(14)18-9-5-10-21-12(2)3/h6-7,11-12,18H,4-5,8-10,17H2,1-3H3,(H,19,20). The zero-order valence-corrected chi connectivity index (χ0v) is 13.2. The van der Waals surface area contributed by atoms with Gasteiger partial charge in [0.05, 0.1) is 11.7 Å². The molecule has 0 aliphatic carbocycles. The zero-order valence-electron chi connectivity index (χ0n) is 13.2. The molecule has 0 atom stereocenters. The summed E-state index contributed by atoms with van der Waals surface area (Å²) in [7, 11) is 0. The van der Waals surface area contributed by atoms with Crippen LogP contribution in [0.5, 0.6) is 0 Å². The maximum absolute atomic E-state index is 12.1. The largest absolute Gasteiger partial charge is 0.399 e. The first-order chi connectivity index (χ1) is 10.0. The molecular formula is C16H27N3O2. The molecule has 0 saturated carbocycles. The van der Waals surface area contributed by atoms with Crippen LogP contribution < -0.4 is 16.4 Å². The quantitative estimate of drug-likeness (QED) is 0.483. The Labute approximate surface area is 127 Å². The summed E-state index contributed by atoms with van der Waals surface area (Å²) < 4.78 is 5.49. The highest BCUT2D eigenvalue weighted by Gasteiger charge is 2.11. The van der Waals surface area contributed by atoms with Crippen LogP contribution in [-0.2, 0) is 4.74 Å². The molecule has 4 N–H and O–H groups in total. The van der Waals surface area contributed by atoms with Crippen molar-refractivity contribution in [3.63, 3.8) is 0 Å². The van der Waals surface area contributed by atoms with Gasteiger partial charge in [-0.1, -0.05) is 6.92 Å². The molecule has 0 unspecified atom stereocenters. The Morgan fingerprint density at radius 2 is 2.10 bits per heavy atom. The third kappa shape index (κ3) is 6.49. The average molecular weight is 293 g/mol. The third-order valence-corrected chi connectivity index (χ3v) is 2.91. The fourth-order valence-corrected chi connectivity index (χ4v) is 1.85. The van der Waals surface area contributed by atoms with Crippen LogP contribution in [0.15, 0.2) is 18.2 Å². The molecular weight excluding hydrogens is 266 g/mol. The summed E-state index contributed by atoms with van der Waals surface area (Å²) in [5.41, 5.74) is 7.76. The minimum Gasteiger partial charge on any atom is -0.399 e. The summed E-state index contributed by atoms with van der Waals surface area (Å²) in [6.45, 7) is 8.18. The maximum Gasteiger partial charge on any atom is 0.253 e. The van der Waals surface area contributed by atoms with Crippen molar-refractivity contribution in [3.8, 4) is 0 Å². The van der Waals surface area contributed by atoms with Gasteiger partial charge in [-0.15, -0.1) is 0 Å². The number of nitrogens with two attached hydrogens (primary N) is 1. The number of hydrogen-bond acceptors (Lipinski definition) is 4. The van der Waals surface area contributed by atoms with Gasteiger partial charge < -0.3 is 21.1 Å². The second kappa shape index (κ2) is 9.23. The summed E-state index contributed by atoms with van der Waals surface area (Å²) in [6.07, 6.45) is 2.04. The van der Waals surface area contributed by atoms with Crippen LogP contribution in [0, 0.1) is 0 Å². The fraction of sp³-hybridized carbons (Fsp3) is 0.562. The molecule has 0 radical (unpaired) electrons. The van der Waals surface area contributed by atoms with Crippen molar-refractivity contribution in [2.24, 2.45) is 0 Å². The number of hydrogen-bond donors (Lipinski definition) is 3. The number of carbonyl (C=O) groups is 1. The number of carbonyl (C=O) groups excluding carboxylic acids is 1. The Balaban J connectivity index is 2.58. The maximum atomic E-state index is 12.1. The summed E-state index contributed by atoms with van der Waals surface area (Å²) in [5, 5.41) is 6.15. The van der Waals surface area contributed by atoms with Gasteiger partial charge in [0.1, 0.15) is 0 Å². The SMILES string of the molecule is CCCNC(=O)c1cc(N)ccc1NCCCOC(C)C. The highest BCUT2D eigenvalue weighted by Crippen LogP contribution is 2.19. The van der Waals surface area contributed by atoms with Crippen molar-refractivity contribution in [2.75, 3.05) is 30.7 Å². The van der Waals surface area contributed by atoms with Crippen LogP contribution in [0.3, 0.4) is 0 Å². The van der Waals surface area contributed by atoms with E-state index < -0.39 is 0 Å². The number of amides is 1. The first kappa shape index (κ1) is 17.3. The molecule has 0 bridgehead atoms. The molecule has 0 heterocycles. The zero-order chi connectivity index (χ0) is 15.7. The van der Waals surface area contributed by atoms with Gasteiger partial charge in [-0.2, -0.15) is 0 Å². The van der Waals surface area contributed by atoms with Crippen molar-refractivity contribution < 1.29 is 9.53 Å². The fourth-order valence-electron chi connectivity index (χ4n) is 1.85. The van der Waals surface area contributed by atoms with Crippen LogP contribution >= 0.6 is 0 Å². The van der Waals surface area contributed by atoms with E-state index in [9.17, 15) is 4.79 Å². The smallest absolute Gasteiger partial charge is 0.253 e. The van der Waals surface area contributed by atoms with Gasteiger partial charge in [-0.05, 0) is 44.9 Å². The Morgan fingerprint density at radius 3 is 2.76 bits per heavy atom. The van der Waals surface area contributed by atoms with E-state index in [-0.39, 0.29) is 12.0 Å². The van der Waals surface area contributed by atoms with Crippen LogP contribution in [0.25, 0.3) is 0 Å². The van der Waals surface area contributed by atoms with E-state index in [4.69, 9.17) is 10.5 Å². The molecule has 5 heteroatoms. The van der Waals surface area contributed by atoms with Gasteiger partial charge in [-0.25, -0.2) is 0 Å². The van der Waals surface area contributed by atoms with Crippen molar-refractivity contribution in [1.82, 2.24) is 5.32 Å². The molecule has 118 valence electrons. The van der Waals surface area contributed by atoms with Gasteiger partial charge in [0.25, 0.3) is 5.91 Å². The van der Waals surface area contributed by atoms with E-state index in [1.165, 1.54) is 0 Å². The second-order valence-corrected chi connectivity index (χ2v) is 5.26. The monoisotopic (exact) mass is 293 g/mol. The molecule has 0 spiro atoms. The average Bonchev–Trinajstić information content (AvgIpc) is 2.45. The molecule has 0 saturated heterocycles. The van der Waals surface area contributed by atoms with Crippen molar-refractivity contribution in [3.05, 3.63) is 23.8 Å². The molecule has 0 aliphatic rings. The molecule has 1 aromatic carbocycles. The molecule has 0 aliphatic heterocycles. The topological polar surface area (TPSA) is 76.4 Å². The molecule has 1 amide bonds. The first-order valence-corrected chi connectivity index (χ1v) is 7.57. The Morgan fingerprint density at radius 1 is 1.33 bits per heavy atom. The Hall–Kier alpha value is -1.75. The van der Waals surface area contributed by atoms with Crippen molar-refractivity contribution >= 4 is 17.3 Å². The van der Waals surface area contributed by atoms with Crippen molar-refractivity contribution in [2.45, 2.75) is 39.7 Å². The third-order valence-electron chi connectivity index (χ3n) is 2.91. The molecule has 0 aromatic heterocycles. The minimum absolute atomic E-state index is 0.0925. The van der Waals surface area contributed by atoms with E-state index in [0.717, 1.165) is 25.1 Å². The highest BCUT2D eigenvalue weighted by molar-refractivity contribution is 6.00. The van der Waals surface area contributed by atoms with Gasteiger partial charge in [0.2, 0.25) is 0 Å². The Kier molecular flexibility index (Phi) is 7.61. The van der Waals surface area contributed by atoms with Crippen LogP contribution in [0.4, 0.5) is 11.4 Å². The van der Waals surface area contributed by atoms with E-state index in [0.29, 0.717) is 24.4 Å². The molecule has 0 fully saturated rings. The van der Waals surface area contributed by atoms with Gasteiger partial charge in [-0.3, -0.25) is 4.79 Å². The van der Waals surface area contributed by atoms with Gasteiger partial charge in [0, 0.05) is 31.1 Å². The number of anilines is 2. The summed E-state index contributed by atoms with van der Waals surface area (Å²) >= 11 is 0. The summed E-state index contributed by atoms with van der Waals surface area (Å²) in [5.74, 6) is -0.0925. The van der Waals surface area contributed by atoms with E-state index in [1.807, 2.05) is 26.8 Å². The second-order valence-electron chi connectivity index (χ2n) is 5.26. The number of ether oxygens (including phenoxy) is 1. The van der Waals surface area contributed by atoms with Gasteiger partial charge >= 0.3 is 0 Å². The number of nitrogen functional groups attached to an aromatic ring is 1. The highest BCUT2D eigenvalue weighted by atomic mass is 16.5. The predicted molar refractivity (Wildman–Crippen MR) is 87.7 cm³/mol. The van der Waals surface area contributed by atoms with Crippen LogP contribution in [-0.4, -0.2) is 31.7 Å². The van der Waals surface area contributed by atoms with Crippen molar-refractivity contribution in [1.29, 1.82) is 0 Å².